The number of rotatable bonds is 4. The first-order chi connectivity index (χ1) is 12.3. The second-order valence-electron chi connectivity index (χ2n) is 5.51. The standard InChI is InChI=1S/C17H10F6O4.2ClH/c18-16(19,20)15(17(21,22)23,11-5-1-9(2-6-11)13(24)25)12-7-3-10(4-8-12)14(26)27;;/h1-8H,(H,24,25)(H,26,27);2*1H/p-2. The van der Waals surface area contributed by atoms with Gasteiger partial charge in [-0.3, -0.25) is 0 Å². The molecule has 2 aromatic carbocycles. The van der Waals surface area contributed by atoms with Crippen LogP contribution in [0.15, 0.2) is 48.5 Å². The van der Waals surface area contributed by atoms with Crippen LogP contribution in [0, 0.1) is 0 Å². The molecule has 0 aliphatic rings. The minimum atomic E-state index is -5.85. The molecule has 2 aromatic rings. The number of benzene rings is 2. The predicted octanol–water partition coefficient (Wildman–Crippen LogP) is -1.50. The van der Waals surface area contributed by atoms with Gasteiger partial charge in [0.1, 0.15) is 0 Å². The summed E-state index contributed by atoms with van der Waals surface area (Å²) < 4.78 is 82.8. The van der Waals surface area contributed by atoms with Crippen LogP contribution in [0.25, 0.3) is 0 Å². The maximum Gasteiger partial charge on any atom is 0.411 e. The fourth-order valence-electron chi connectivity index (χ4n) is 2.71. The molecular weight excluding hydrogens is 453 g/mol. The third-order valence-corrected chi connectivity index (χ3v) is 3.98. The van der Waals surface area contributed by atoms with Gasteiger partial charge in [0.2, 0.25) is 5.41 Å². The second kappa shape index (κ2) is 8.91. The zero-order chi connectivity index (χ0) is 20.6. The largest absolute Gasteiger partial charge is 1.00 e. The third-order valence-electron chi connectivity index (χ3n) is 3.98. The molecule has 2 rings (SSSR count). The molecule has 0 spiro atoms. The van der Waals surface area contributed by atoms with Crippen molar-refractivity contribution < 1.29 is 71.0 Å². The van der Waals surface area contributed by atoms with E-state index in [-0.39, 0.29) is 24.8 Å². The highest BCUT2D eigenvalue weighted by Crippen LogP contribution is 2.56. The van der Waals surface area contributed by atoms with E-state index in [1.165, 1.54) is 0 Å². The first kappa shape index (κ1) is 26.5. The molecule has 0 saturated carbocycles. The van der Waals surface area contributed by atoms with Crippen LogP contribution in [-0.2, 0) is 5.41 Å². The van der Waals surface area contributed by atoms with Gasteiger partial charge < -0.3 is 35.0 Å². The summed E-state index contributed by atoms with van der Waals surface area (Å²) >= 11 is 0. The Morgan fingerprint density at radius 3 is 1.00 bits per heavy atom. The Hall–Kier alpha value is -2.46. The summed E-state index contributed by atoms with van der Waals surface area (Å²) in [4.78, 5) is 21.7. The molecule has 0 aliphatic heterocycles. The van der Waals surface area contributed by atoms with Gasteiger partial charge in [-0.25, -0.2) is 9.59 Å². The second-order valence-corrected chi connectivity index (χ2v) is 5.51. The Balaban J connectivity index is 0.00000392. The highest BCUT2D eigenvalue weighted by Gasteiger charge is 2.72. The molecule has 2 N–H and O–H groups in total. The molecule has 160 valence electrons. The van der Waals surface area contributed by atoms with E-state index in [9.17, 15) is 35.9 Å². The third kappa shape index (κ3) is 4.59. The van der Waals surface area contributed by atoms with Crippen molar-refractivity contribution in [3.8, 4) is 0 Å². The number of aromatic carboxylic acids is 2. The van der Waals surface area contributed by atoms with Gasteiger partial charge in [0, 0.05) is 0 Å². The van der Waals surface area contributed by atoms with Crippen molar-refractivity contribution in [2.45, 2.75) is 17.8 Å². The molecule has 0 amide bonds. The molecule has 0 aliphatic carbocycles. The van der Waals surface area contributed by atoms with E-state index in [0.717, 1.165) is 0 Å². The molecule has 0 heterocycles. The minimum Gasteiger partial charge on any atom is -1.00 e. The van der Waals surface area contributed by atoms with Gasteiger partial charge in [-0.15, -0.1) is 0 Å². The van der Waals surface area contributed by atoms with Gasteiger partial charge in [0.15, 0.2) is 0 Å². The quantitative estimate of drug-likeness (QED) is 0.542. The zero-order valence-corrected chi connectivity index (χ0v) is 15.4. The van der Waals surface area contributed by atoms with E-state index in [1.807, 2.05) is 0 Å². The van der Waals surface area contributed by atoms with Crippen molar-refractivity contribution >= 4 is 11.9 Å². The van der Waals surface area contributed by atoms with Crippen LogP contribution in [0.5, 0.6) is 0 Å². The first-order valence-electron chi connectivity index (χ1n) is 7.13. The van der Waals surface area contributed by atoms with E-state index in [2.05, 4.69) is 0 Å². The van der Waals surface area contributed by atoms with Crippen LogP contribution in [0.4, 0.5) is 26.3 Å². The van der Waals surface area contributed by atoms with Gasteiger partial charge in [-0.2, -0.15) is 26.3 Å². The molecule has 0 atom stereocenters. The van der Waals surface area contributed by atoms with E-state index < -0.39 is 52.0 Å². The number of halogens is 8. The highest BCUT2D eigenvalue weighted by molar-refractivity contribution is 5.88. The lowest BCUT2D eigenvalue weighted by Gasteiger charge is -2.38. The van der Waals surface area contributed by atoms with Crippen LogP contribution < -0.4 is 24.8 Å². The first-order valence-corrected chi connectivity index (χ1v) is 7.13. The number of alkyl halides is 6. The summed E-state index contributed by atoms with van der Waals surface area (Å²) in [7, 11) is 0. The van der Waals surface area contributed by atoms with E-state index in [4.69, 9.17) is 10.2 Å². The Morgan fingerprint density at radius 2 is 0.828 bits per heavy atom. The Labute approximate surface area is 172 Å². The monoisotopic (exact) mass is 462 g/mol. The molecule has 0 bridgehead atoms. The number of hydrogen-bond acceptors (Lipinski definition) is 2. The average Bonchev–Trinajstić information content (AvgIpc) is 2.53. The molecule has 29 heavy (non-hydrogen) atoms. The summed E-state index contributed by atoms with van der Waals surface area (Å²) in [5.74, 6) is -3.03. The lowest BCUT2D eigenvalue weighted by molar-refractivity contribution is -0.288. The summed E-state index contributed by atoms with van der Waals surface area (Å²) in [6.45, 7) is 0. The van der Waals surface area contributed by atoms with E-state index in [0.29, 0.717) is 48.5 Å². The molecule has 0 saturated heterocycles. The SMILES string of the molecule is O=C(O)c1ccc(C(c2ccc(C(=O)O)cc2)(C(F)(F)F)C(F)(F)F)cc1.[Cl-].[Cl-]. The number of carbonyl (C=O) groups is 2. The molecule has 0 aromatic heterocycles. The van der Waals surface area contributed by atoms with Gasteiger partial charge in [0.05, 0.1) is 11.1 Å². The molecule has 12 heteroatoms. The molecule has 0 unspecified atom stereocenters. The van der Waals surface area contributed by atoms with Crippen LogP contribution in [0.2, 0.25) is 0 Å². The fourth-order valence-corrected chi connectivity index (χ4v) is 2.71. The number of carboxylic acid groups (broad SMARTS) is 2. The maximum absolute atomic E-state index is 13.8. The summed E-state index contributed by atoms with van der Waals surface area (Å²) in [5, 5.41) is 17.6. The maximum atomic E-state index is 13.8. The van der Waals surface area contributed by atoms with Crippen molar-refractivity contribution in [2.24, 2.45) is 0 Å². The Kier molecular flexibility index (Phi) is 8.16. The van der Waals surface area contributed by atoms with Crippen molar-refractivity contribution in [2.75, 3.05) is 0 Å². The summed E-state index contributed by atoms with van der Waals surface area (Å²) in [6, 6.07) is 4.30. The van der Waals surface area contributed by atoms with Crippen molar-refractivity contribution in [1.82, 2.24) is 0 Å². The number of carboxylic acids is 2. The molecule has 4 nitrogen and oxygen atoms in total. The fraction of sp³-hybridized carbons (Fsp3) is 0.176. The highest BCUT2D eigenvalue weighted by atomic mass is 35.5. The van der Waals surface area contributed by atoms with E-state index >= 15 is 0 Å². The molecule has 0 radical (unpaired) electrons. The van der Waals surface area contributed by atoms with Gasteiger partial charge in [-0.1, -0.05) is 24.3 Å². The van der Waals surface area contributed by atoms with Crippen molar-refractivity contribution in [3.05, 3.63) is 70.8 Å². The van der Waals surface area contributed by atoms with Crippen LogP contribution in [0.3, 0.4) is 0 Å². The van der Waals surface area contributed by atoms with Crippen molar-refractivity contribution in [3.63, 3.8) is 0 Å². The Bertz CT molecular complexity index is 788. The van der Waals surface area contributed by atoms with Gasteiger partial charge in [0.25, 0.3) is 0 Å². The smallest absolute Gasteiger partial charge is 0.411 e. The lowest BCUT2D eigenvalue weighted by Crippen LogP contribution is -3.00. The normalized spacial score (nSPS) is 11.8. The lowest BCUT2D eigenvalue weighted by atomic mass is 9.72. The predicted molar refractivity (Wildman–Crippen MR) is 79.7 cm³/mol. The molecule has 0 fully saturated rings. The van der Waals surface area contributed by atoms with Gasteiger partial charge in [-0.05, 0) is 35.4 Å². The van der Waals surface area contributed by atoms with Crippen LogP contribution in [0.1, 0.15) is 31.8 Å². The minimum absolute atomic E-state index is 0. The summed E-state index contributed by atoms with van der Waals surface area (Å²) in [5.41, 5.74) is -7.92. The van der Waals surface area contributed by atoms with Crippen LogP contribution in [-0.4, -0.2) is 34.5 Å². The number of hydrogen-bond donors (Lipinski definition) is 2. The van der Waals surface area contributed by atoms with Crippen molar-refractivity contribution in [1.29, 1.82) is 0 Å². The topological polar surface area (TPSA) is 74.6 Å². The molecular formula is C17H10Cl2F6O4-2. The van der Waals surface area contributed by atoms with Gasteiger partial charge >= 0.3 is 24.3 Å². The zero-order valence-electron chi connectivity index (χ0n) is 13.9. The average molecular weight is 463 g/mol. The summed E-state index contributed by atoms with van der Waals surface area (Å²) in [6.07, 6.45) is -11.7. The van der Waals surface area contributed by atoms with Crippen LogP contribution >= 0.6 is 0 Å². The van der Waals surface area contributed by atoms with E-state index in [1.54, 1.807) is 0 Å². The Morgan fingerprint density at radius 1 is 0.586 bits per heavy atom.